The Morgan fingerprint density at radius 2 is 1.68 bits per heavy atom. The molecule has 4 saturated heterocycles. The van der Waals surface area contributed by atoms with Crippen molar-refractivity contribution in [1.29, 1.82) is 5.26 Å². The highest BCUT2D eigenvalue weighted by Gasteiger charge is 2.54. The number of aldehydes is 1. The number of fused-ring (bicyclic) bond motifs is 2. The van der Waals surface area contributed by atoms with Crippen LogP contribution in [0, 0.1) is 34.3 Å². The number of aromatic nitrogens is 3. The molecule has 17 nitrogen and oxygen atoms in total. The maximum absolute atomic E-state index is 14.7. The summed E-state index contributed by atoms with van der Waals surface area (Å²) >= 11 is 0. The molecule has 1 spiro atoms. The van der Waals surface area contributed by atoms with Crippen LogP contribution < -0.4 is 20.3 Å². The second-order valence-corrected chi connectivity index (χ2v) is 22.8. The Hall–Kier alpha value is -7.14. The van der Waals surface area contributed by atoms with Gasteiger partial charge in [-0.25, -0.2) is 18.3 Å². The first-order chi connectivity index (χ1) is 37.7. The van der Waals surface area contributed by atoms with Crippen LogP contribution in [0.1, 0.15) is 114 Å². The largest absolute Gasteiger partial charge is 0.492 e. The number of nitrogens with one attached hydrogen (secondary N) is 2. The lowest BCUT2D eigenvalue weighted by atomic mass is 9.50. The number of rotatable bonds is 12. The first kappa shape index (κ1) is 52.9. The molecular weight excluding hydrogens is 997 g/mol. The summed E-state index contributed by atoms with van der Waals surface area (Å²) in [6.45, 7) is 10.5. The molecule has 4 amide bonds. The fourth-order valence-electron chi connectivity index (χ4n) is 13.4. The number of nitriles is 1. The van der Waals surface area contributed by atoms with E-state index in [1.807, 2.05) is 31.2 Å². The fraction of sp³-hybridized carbons (Fsp3) is 0.492. The van der Waals surface area contributed by atoms with E-state index in [4.69, 9.17) is 9.72 Å². The minimum absolute atomic E-state index is 0.0978. The van der Waals surface area contributed by atoms with Gasteiger partial charge in [0, 0.05) is 93.6 Å². The zero-order valence-electron chi connectivity index (χ0n) is 44.4. The van der Waals surface area contributed by atoms with Crippen molar-refractivity contribution in [3.8, 4) is 22.9 Å². The van der Waals surface area contributed by atoms with Gasteiger partial charge in [-0.2, -0.15) is 10.4 Å². The fourth-order valence-corrected chi connectivity index (χ4v) is 13.4. The third-order valence-electron chi connectivity index (χ3n) is 17.8. The van der Waals surface area contributed by atoms with Gasteiger partial charge in [0.25, 0.3) is 11.8 Å². The minimum Gasteiger partial charge on any atom is -0.492 e. The number of nitrogens with zero attached hydrogens (tertiary/aromatic N) is 9. The van der Waals surface area contributed by atoms with Crippen LogP contribution in [-0.4, -0.2) is 154 Å². The van der Waals surface area contributed by atoms with Crippen molar-refractivity contribution in [3.05, 3.63) is 113 Å². The molecule has 2 saturated carbocycles. The number of piperidine rings is 3. The van der Waals surface area contributed by atoms with Crippen molar-refractivity contribution < 1.29 is 37.5 Å². The Kier molecular flexibility index (Phi) is 14.9. The third kappa shape index (κ3) is 10.7. The van der Waals surface area contributed by atoms with Crippen molar-refractivity contribution >= 4 is 41.2 Å². The molecule has 7 aliphatic rings. The molecule has 19 heteroatoms. The standard InChI is InChI=1S/C40H44F2N8O3.C19H23N3O3/c1-2-53-32-16-33(37-29(21-43)23-45-50(37)24-32)28-3-6-36(44-22-28)49-9-7-40(8-10-49,46-38(52)34-15-30(41)4-5-35(34)42)26-47-11-13-48(14-12-47)31-19-39(20-31)17-27(18-39)25-51;1-21-8-6-12(7-9-21)13-2-3-15-14(10-13)11-22(19(15)25)16-4-5-17(23)20-18(16)24/h3-6,15-16,22-25,27,31H,2,7-14,17-20,26H2,1H3,(H,46,52);2-3,10,12,16H,4-9,11H2,1H3,(H,20,23,24). The summed E-state index contributed by atoms with van der Waals surface area (Å²) < 4.78 is 36.3. The first-order valence-electron chi connectivity index (χ1n) is 27.6. The average molecular weight is 1060 g/mol. The number of hydrogen-bond acceptors (Lipinski definition) is 13. The SMILES string of the molecule is CCOc1cc(-c2ccc(N3CCC(CN4CCN(C5CC6(CC(C=O)C6)C5)CC4)(NC(=O)c4cc(F)ccc4F)CC3)nc2)c2c(C#N)cnn2c1.CN1CCC(c2ccc3c(c2)CN(C2CCC(=O)NC2=O)C3=O)CC1. The van der Waals surface area contributed by atoms with Gasteiger partial charge in [0.05, 0.1) is 41.2 Å². The highest BCUT2D eigenvalue weighted by molar-refractivity contribution is 6.05. The van der Waals surface area contributed by atoms with Gasteiger partial charge in [0.2, 0.25) is 11.8 Å². The number of likely N-dealkylation sites (tertiary alicyclic amines) is 1. The zero-order chi connectivity index (χ0) is 54.3. The number of hydrogen-bond donors (Lipinski definition) is 2. The molecule has 0 bridgehead atoms. The van der Waals surface area contributed by atoms with Crippen molar-refractivity contribution in [2.75, 3.05) is 77.5 Å². The number of amides is 4. The molecule has 5 aromatic rings. The van der Waals surface area contributed by atoms with E-state index in [1.165, 1.54) is 18.4 Å². The quantitative estimate of drug-likeness (QED) is 0.104. The van der Waals surface area contributed by atoms with Gasteiger partial charge < -0.3 is 29.5 Å². The molecule has 3 aromatic heterocycles. The number of carbonyl (C=O) groups excluding carboxylic acids is 5. The van der Waals surface area contributed by atoms with Crippen LogP contribution in [0.5, 0.6) is 5.75 Å². The molecule has 78 heavy (non-hydrogen) atoms. The lowest BCUT2D eigenvalue weighted by Gasteiger charge is -2.60. The number of pyridine rings is 2. The topological polar surface area (TPSA) is 189 Å². The summed E-state index contributed by atoms with van der Waals surface area (Å²) in [6.07, 6.45) is 14.8. The molecule has 1 unspecified atom stereocenters. The second kappa shape index (κ2) is 21.9. The van der Waals surface area contributed by atoms with E-state index in [2.05, 4.69) is 60.6 Å². The molecule has 2 aliphatic carbocycles. The van der Waals surface area contributed by atoms with E-state index in [-0.39, 0.29) is 35.6 Å². The summed E-state index contributed by atoms with van der Waals surface area (Å²) in [6, 6.07) is 17.2. The van der Waals surface area contributed by atoms with Gasteiger partial charge in [-0.15, -0.1) is 0 Å². The van der Waals surface area contributed by atoms with Crippen molar-refractivity contribution in [2.45, 2.75) is 101 Å². The van der Waals surface area contributed by atoms with Crippen LogP contribution in [0.3, 0.4) is 0 Å². The highest BCUT2D eigenvalue weighted by atomic mass is 19.1. The van der Waals surface area contributed by atoms with Crippen molar-refractivity contribution in [2.24, 2.45) is 11.3 Å². The summed E-state index contributed by atoms with van der Waals surface area (Å²) in [5, 5.41) is 19.6. The predicted molar refractivity (Wildman–Crippen MR) is 287 cm³/mol. The number of piperazine rings is 1. The molecule has 408 valence electrons. The molecule has 8 heterocycles. The Morgan fingerprint density at radius 3 is 2.37 bits per heavy atom. The Bertz CT molecular complexity index is 3140. The first-order valence-corrected chi connectivity index (χ1v) is 27.6. The molecule has 6 fully saturated rings. The van der Waals surface area contributed by atoms with Crippen molar-refractivity contribution in [3.63, 3.8) is 0 Å². The van der Waals surface area contributed by atoms with Crippen LogP contribution >= 0.6 is 0 Å². The summed E-state index contributed by atoms with van der Waals surface area (Å²) in [5.41, 5.74) is 5.20. The zero-order valence-corrected chi connectivity index (χ0v) is 44.4. The van der Waals surface area contributed by atoms with E-state index in [1.54, 1.807) is 28.0 Å². The van der Waals surface area contributed by atoms with Crippen LogP contribution in [0.4, 0.5) is 14.6 Å². The normalized spacial score (nSPS) is 24.6. The number of imide groups is 1. The van der Waals surface area contributed by atoms with E-state index in [9.17, 15) is 38.0 Å². The number of carbonyl (C=O) groups is 5. The number of anilines is 1. The Morgan fingerprint density at radius 1 is 0.910 bits per heavy atom. The maximum atomic E-state index is 14.7. The average Bonchev–Trinajstić information content (AvgIpc) is 4.14. The van der Waals surface area contributed by atoms with Gasteiger partial charge in [0.1, 0.15) is 41.6 Å². The van der Waals surface area contributed by atoms with E-state index < -0.39 is 29.1 Å². The van der Waals surface area contributed by atoms with Crippen LogP contribution in [0.2, 0.25) is 0 Å². The summed E-state index contributed by atoms with van der Waals surface area (Å²) in [7, 11) is 2.15. The van der Waals surface area contributed by atoms with Crippen molar-refractivity contribution in [1.82, 2.24) is 44.8 Å². The summed E-state index contributed by atoms with van der Waals surface area (Å²) in [5.74, 6) is -0.507. The molecule has 5 aliphatic heterocycles. The summed E-state index contributed by atoms with van der Waals surface area (Å²) in [4.78, 5) is 76.8. The smallest absolute Gasteiger partial charge is 0.255 e. The molecule has 12 rings (SSSR count). The van der Waals surface area contributed by atoms with Gasteiger partial charge in [-0.3, -0.25) is 34.3 Å². The van der Waals surface area contributed by atoms with Crippen LogP contribution in [0.25, 0.3) is 16.6 Å². The Balaban J connectivity index is 0.000000215. The molecule has 0 radical (unpaired) electrons. The molecule has 2 aromatic carbocycles. The number of ether oxygens (including phenoxy) is 1. The van der Waals surface area contributed by atoms with Gasteiger partial charge in [-0.05, 0) is 150 Å². The van der Waals surface area contributed by atoms with Crippen LogP contribution in [-0.2, 0) is 20.9 Å². The minimum atomic E-state index is -0.750. The predicted octanol–water partition coefficient (Wildman–Crippen LogP) is 6.35. The Labute approximate surface area is 452 Å². The monoisotopic (exact) mass is 1060 g/mol. The second-order valence-electron chi connectivity index (χ2n) is 22.8. The maximum Gasteiger partial charge on any atom is 0.255 e. The van der Waals surface area contributed by atoms with Crippen LogP contribution in [0.15, 0.2) is 73.2 Å². The van der Waals surface area contributed by atoms with E-state index in [0.717, 1.165) is 112 Å². The lowest BCUT2D eigenvalue weighted by molar-refractivity contribution is -0.137. The van der Waals surface area contributed by atoms with E-state index in [0.29, 0.717) is 91.8 Å². The highest BCUT2D eigenvalue weighted by Crippen LogP contribution is 2.59. The lowest BCUT2D eigenvalue weighted by Crippen LogP contribution is -2.64. The van der Waals surface area contributed by atoms with Gasteiger partial charge in [0.15, 0.2) is 0 Å². The van der Waals surface area contributed by atoms with Gasteiger partial charge >= 0.3 is 0 Å². The molecule has 1 atom stereocenters. The molecule has 2 N–H and O–H groups in total. The molecular formula is C59H67F2N11O6. The number of halogens is 2. The third-order valence-corrected chi connectivity index (χ3v) is 17.8. The van der Waals surface area contributed by atoms with Gasteiger partial charge in [-0.1, -0.05) is 12.1 Å². The van der Waals surface area contributed by atoms with E-state index >= 15 is 0 Å². The number of benzene rings is 2.